The number of nitrogens with two attached hydrogens (primary N) is 1. The van der Waals surface area contributed by atoms with Gasteiger partial charge in [-0.25, -0.2) is 13.6 Å². The second-order valence-electron chi connectivity index (χ2n) is 4.84. The molecule has 0 heterocycles. The van der Waals surface area contributed by atoms with Crippen LogP contribution in [-0.4, -0.2) is 20.9 Å². The Hall–Kier alpha value is -1.11. The van der Waals surface area contributed by atoms with Gasteiger partial charge in [-0.1, -0.05) is 31.9 Å². The molecule has 1 aromatic rings. The molecule has 0 fully saturated rings. The standard InChI is InChI=1S/C13H19ClN2O3S/c1-4-8(2)7-16-13(17)11-5-10(14)6-12(9(11)3)20(15,18)19/h5-6,8H,4,7H2,1-3H3,(H,16,17)(H2,15,18,19). The Balaban J connectivity index is 3.13. The fourth-order valence-corrected chi connectivity index (χ4v) is 2.80. The van der Waals surface area contributed by atoms with Crippen LogP contribution in [0.4, 0.5) is 0 Å². The van der Waals surface area contributed by atoms with Gasteiger partial charge in [0.2, 0.25) is 10.0 Å². The predicted molar refractivity (Wildman–Crippen MR) is 79.4 cm³/mol. The van der Waals surface area contributed by atoms with Crippen LogP contribution in [0.1, 0.15) is 36.2 Å². The molecule has 7 heteroatoms. The number of halogens is 1. The van der Waals surface area contributed by atoms with Gasteiger partial charge in [0.25, 0.3) is 5.91 Å². The predicted octanol–water partition coefficient (Wildman–Crippen LogP) is 2.07. The van der Waals surface area contributed by atoms with Crippen LogP contribution in [0.15, 0.2) is 17.0 Å². The molecule has 0 aliphatic carbocycles. The van der Waals surface area contributed by atoms with Gasteiger partial charge < -0.3 is 5.32 Å². The Bertz CT molecular complexity index is 614. The third-order valence-electron chi connectivity index (χ3n) is 3.18. The number of sulfonamides is 1. The number of nitrogens with one attached hydrogen (secondary N) is 1. The van der Waals surface area contributed by atoms with Crippen LogP contribution in [0.5, 0.6) is 0 Å². The van der Waals surface area contributed by atoms with Gasteiger partial charge in [0.15, 0.2) is 0 Å². The number of hydrogen-bond acceptors (Lipinski definition) is 3. The van der Waals surface area contributed by atoms with Crippen molar-refractivity contribution in [3.8, 4) is 0 Å². The summed E-state index contributed by atoms with van der Waals surface area (Å²) in [5.74, 6) is -0.00801. The fourth-order valence-electron chi connectivity index (χ4n) is 1.69. The molecule has 0 spiro atoms. The average molecular weight is 319 g/mol. The van der Waals surface area contributed by atoms with Crippen LogP contribution in [0.2, 0.25) is 5.02 Å². The Morgan fingerprint density at radius 2 is 2.05 bits per heavy atom. The van der Waals surface area contributed by atoms with Crippen molar-refractivity contribution in [1.29, 1.82) is 0 Å². The number of primary sulfonamides is 1. The maximum Gasteiger partial charge on any atom is 0.251 e. The highest BCUT2D eigenvalue weighted by Crippen LogP contribution is 2.23. The number of carbonyl (C=O) groups is 1. The van der Waals surface area contributed by atoms with Crippen LogP contribution >= 0.6 is 11.6 Å². The second-order valence-corrected chi connectivity index (χ2v) is 6.81. The minimum Gasteiger partial charge on any atom is -0.352 e. The fraction of sp³-hybridized carbons (Fsp3) is 0.462. The van der Waals surface area contributed by atoms with E-state index >= 15 is 0 Å². The molecule has 0 saturated heterocycles. The second kappa shape index (κ2) is 6.56. The minimum atomic E-state index is -3.91. The Labute approximate surface area is 124 Å². The van der Waals surface area contributed by atoms with Crippen molar-refractivity contribution >= 4 is 27.5 Å². The first kappa shape index (κ1) is 16.9. The summed E-state index contributed by atoms with van der Waals surface area (Å²) in [6.45, 7) is 6.10. The van der Waals surface area contributed by atoms with Crippen molar-refractivity contribution in [2.75, 3.05) is 6.54 Å². The zero-order valence-corrected chi connectivity index (χ0v) is 13.3. The summed E-state index contributed by atoms with van der Waals surface area (Å²) in [6, 6.07) is 2.69. The van der Waals surface area contributed by atoms with Crippen molar-refractivity contribution in [2.45, 2.75) is 32.1 Å². The van der Waals surface area contributed by atoms with Gasteiger partial charge in [0.1, 0.15) is 0 Å². The third kappa shape index (κ3) is 4.19. The van der Waals surface area contributed by atoms with Crippen molar-refractivity contribution < 1.29 is 13.2 Å². The van der Waals surface area contributed by atoms with Gasteiger partial charge in [-0.2, -0.15) is 0 Å². The van der Waals surface area contributed by atoms with E-state index in [1.165, 1.54) is 19.1 Å². The van der Waals surface area contributed by atoms with Crippen molar-refractivity contribution in [2.24, 2.45) is 11.1 Å². The summed E-state index contributed by atoms with van der Waals surface area (Å²) in [5, 5.41) is 8.04. The van der Waals surface area contributed by atoms with Gasteiger partial charge in [0.05, 0.1) is 4.90 Å². The first-order chi connectivity index (χ1) is 9.16. The lowest BCUT2D eigenvalue weighted by Crippen LogP contribution is -2.29. The van der Waals surface area contributed by atoms with Crippen molar-refractivity contribution in [3.05, 3.63) is 28.3 Å². The summed E-state index contributed by atoms with van der Waals surface area (Å²) in [5.41, 5.74) is 0.531. The number of hydrogen-bond donors (Lipinski definition) is 2. The molecule has 5 nitrogen and oxygen atoms in total. The quantitative estimate of drug-likeness (QED) is 0.871. The van der Waals surface area contributed by atoms with E-state index in [9.17, 15) is 13.2 Å². The minimum absolute atomic E-state index is 0.126. The first-order valence-corrected chi connectivity index (χ1v) is 8.20. The zero-order valence-electron chi connectivity index (χ0n) is 11.7. The average Bonchev–Trinajstić information content (AvgIpc) is 2.36. The number of carbonyl (C=O) groups excluding carboxylic acids is 1. The smallest absolute Gasteiger partial charge is 0.251 e. The molecular formula is C13H19ClN2O3S. The van der Waals surface area contributed by atoms with E-state index < -0.39 is 10.0 Å². The largest absolute Gasteiger partial charge is 0.352 e. The van der Waals surface area contributed by atoms with E-state index in [1.54, 1.807) is 0 Å². The maximum atomic E-state index is 12.1. The number of amides is 1. The van der Waals surface area contributed by atoms with Crippen molar-refractivity contribution in [1.82, 2.24) is 5.32 Å². The van der Waals surface area contributed by atoms with Gasteiger partial charge in [-0.3, -0.25) is 4.79 Å². The summed E-state index contributed by atoms with van der Waals surface area (Å²) >= 11 is 5.86. The van der Waals surface area contributed by atoms with Crippen molar-refractivity contribution in [3.63, 3.8) is 0 Å². The molecular weight excluding hydrogens is 300 g/mol. The monoisotopic (exact) mass is 318 g/mol. The van der Waals surface area contributed by atoms with Gasteiger partial charge in [-0.05, 0) is 30.5 Å². The SMILES string of the molecule is CCC(C)CNC(=O)c1cc(Cl)cc(S(N)(=O)=O)c1C. The molecule has 1 unspecified atom stereocenters. The molecule has 0 aromatic heterocycles. The number of rotatable bonds is 5. The molecule has 0 bridgehead atoms. The molecule has 112 valence electrons. The van der Waals surface area contributed by atoms with Crippen LogP contribution in [-0.2, 0) is 10.0 Å². The van der Waals surface area contributed by atoms with Crippen LogP contribution in [0, 0.1) is 12.8 Å². The van der Waals surface area contributed by atoms with E-state index in [0.717, 1.165) is 6.42 Å². The topological polar surface area (TPSA) is 89.3 Å². The number of benzene rings is 1. The van der Waals surface area contributed by atoms with Crippen LogP contribution in [0.25, 0.3) is 0 Å². The Morgan fingerprint density at radius 3 is 2.55 bits per heavy atom. The van der Waals surface area contributed by atoms with E-state index in [2.05, 4.69) is 5.32 Å². The summed E-state index contributed by atoms with van der Waals surface area (Å²) in [7, 11) is -3.91. The van der Waals surface area contributed by atoms with E-state index in [0.29, 0.717) is 18.0 Å². The van der Waals surface area contributed by atoms with E-state index in [-0.39, 0.29) is 21.4 Å². The Morgan fingerprint density at radius 1 is 1.45 bits per heavy atom. The van der Waals surface area contributed by atoms with E-state index in [4.69, 9.17) is 16.7 Å². The zero-order chi connectivity index (χ0) is 15.5. The molecule has 0 aliphatic rings. The molecule has 20 heavy (non-hydrogen) atoms. The van der Waals surface area contributed by atoms with Gasteiger partial charge in [-0.15, -0.1) is 0 Å². The highest BCUT2D eigenvalue weighted by molar-refractivity contribution is 7.89. The molecule has 0 radical (unpaired) electrons. The Kier molecular flexibility index (Phi) is 5.56. The molecule has 1 atom stereocenters. The maximum absolute atomic E-state index is 12.1. The lowest BCUT2D eigenvalue weighted by Gasteiger charge is -2.13. The first-order valence-electron chi connectivity index (χ1n) is 6.28. The van der Waals surface area contributed by atoms with Crippen LogP contribution in [0.3, 0.4) is 0 Å². The molecule has 3 N–H and O–H groups in total. The molecule has 0 saturated carbocycles. The third-order valence-corrected chi connectivity index (χ3v) is 4.44. The van der Waals surface area contributed by atoms with Gasteiger partial charge in [0, 0.05) is 17.1 Å². The molecule has 1 amide bonds. The normalized spacial score (nSPS) is 13.1. The summed E-state index contributed by atoms with van der Waals surface area (Å²) < 4.78 is 23.0. The summed E-state index contributed by atoms with van der Waals surface area (Å²) in [6.07, 6.45) is 0.942. The lowest BCUT2D eigenvalue weighted by molar-refractivity contribution is 0.0947. The van der Waals surface area contributed by atoms with E-state index in [1.807, 2.05) is 13.8 Å². The highest BCUT2D eigenvalue weighted by Gasteiger charge is 2.19. The highest BCUT2D eigenvalue weighted by atomic mass is 35.5. The van der Waals surface area contributed by atoms with Crippen LogP contribution < -0.4 is 10.5 Å². The molecule has 1 rings (SSSR count). The van der Waals surface area contributed by atoms with Gasteiger partial charge >= 0.3 is 0 Å². The molecule has 1 aromatic carbocycles. The summed E-state index contributed by atoms with van der Waals surface area (Å²) in [4.78, 5) is 12.0. The lowest BCUT2D eigenvalue weighted by atomic mass is 10.1. The molecule has 0 aliphatic heterocycles.